The van der Waals surface area contributed by atoms with Gasteiger partial charge in [-0.15, -0.1) is 0 Å². The van der Waals surface area contributed by atoms with E-state index in [1.54, 1.807) is 12.3 Å². The van der Waals surface area contributed by atoms with Gasteiger partial charge in [0.05, 0.1) is 11.8 Å². The van der Waals surface area contributed by atoms with E-state index in [-0.39, 0.29) is 5.56 Å². The van der Waals surface area contributed by atoms with E-state index in [2.05, 4.69) is 9.97 Å². The molecule has 0 bridgehead atoms. The van der Waals surface area contributed by atoms with Crippen molar-refractivity contribution in [3.05, 3.63) is 47.9 Å². The zero-order valence-electron chi connectivity index (χ0n) is 9.12. The lowest BCUT2D eigenvalue weighted by Crippen LogP contribution is -1.97. The molecule has 0 aliphatic rings. The van der Waals surface area contributed by atoms with Crippen LogP contribution < -0.4 is 4.74 Å². The van der Waals surface area contributed by atoms with Gasteiger partial charge in [0.15, 0.2) is 0 Å². The Morgan fingerprint density at radius 1 is 1.18 bits per heavy atom. The largest absolute Gasteiger partial charge is 0.478 e. The molecule has 86 valence electrons. The van der Waals surface area contributed by atoms with E-state index in [1.807, 2.05) is 13.0 Å². The number of pyridine rings is 2. The lowest BCUT2D eigenvalue weighted by atomic mass is 10.3. The number of ether oxygens (including phenoxy) is 1. The Balaban J connectivity index is 2.13. The molecule has 0 amide bonds. The van der Waals surface area contributed by atoms with Crippen LogP contribution in [0.2, 0.25) is 0 Å². The summed E-state index contributed by atoms with van der Waals surface area (Å²) in [7, 11) is 0. The average Bonchev–Trinajstić information content (AvgIpc) is 2.33. The summed E-state index contributed by atoms with van der Waals surface area (Å²) in [5.74, 6) is -0.118. The highest BCUT2D eigenvalue weighted by Crippen LogP contribution is 2.18. The number of carbonyl (C=O) groups is 1. The Labute approximate surface area is 97.7 Å². The fraction of sp³-hybridized carbons (Fsp3) is 0.0833. The summed E-state index contributed by atoms with van der Waals surface area (Å²) < 4.78 is 5.40. The number of nitrogens with zero attached hydrogens (tertiary/aromatic N) is 2. The third-order valence-electron chi connectivity index (χ3n) is 2.09. The highest BCUT2D eigenvalue weighted by molar-refractivity contribution is 5.87. The van der Waals surface area contributed by atoms with E-state index in [0.717, 1.165) is 5.69 Å². The quantitative estimate of drug-likeness (QED) is 0.875. The van der Waals surface area contributed by atoms with Crippen molar-refractivity contribution in [3.8, 4) is 11.6 Å². The van der Waals surface area contributed by atoms with Crippen molar-refractivity contribution < 1.29 is 14.6 Å². The molecule has 0 unspecified atom stereocenters. The minimum absolute atomic E-state index is 0.124. The van der Waals surface area contributed by atoms with Crippen LogP contribution >= 0.6 is 0 Å². The van der Waals surface area contributed by atoms with E-state index < -0.39 is 5.97 Å². The van der Waals surface area contributed by atoms with Gasteiger partial charge in [0.25, 0.3) is 0 Å². The molecule has 0 aromatic carbocycles. The van der Waals surface area contributed by atoms with Gasteiger partial charge >= 0.3 is 5.97 Å². The van der Waals surface area contributed by atoms with Crippen LogP contribution in [0.25, 0.3) is 0 Å². The topological polar surface area (TPSA) is 72.3 Å². The number of aromatic carboxylic acids is 1. The molecule has 2 aromatic rings. The van der Waals surface area contributed by atoms with E-state index in [1.165, 1.54) is 18.3 Å². The molecule has 5 nitrogen and oxygen atoms in total. The second kappa shape index (κ2) is 4.61. The molecular weight excluding hydrogens is 220 g/mol. The van der Waals surface area contributed by atoms with Gasteiger partial charge in [0.1, 0.15) is 5.75 Å². The SMILES string of the molecule is Cc1ccc(Oc2ccc(C(=O)O)cn2)cn1. The highest BCUT2D eigenvalue weighted by Gasteiger charge is 2.04. The predicted octanol–water partition coefficient (Wildman–Crippen LogP) is 2.28. The summed E-state index contributed by atoms with van der Waals surface area (Å²) in [4.78, 5) is 18.6. The van der Waals surface area contributed by atoms with Crippen LogP contribution in [0, 0.1) is 6.92 Å². The zero-order chi connectivity index (χ0) is 12.3. The molecule has 0 aliphatic carbocycles. The van der Waals surface area contributed by atoms with Crippen LogP contribution in [0.3, 0.4) is 0 Å². The molecule has 0 atom stereocenters. The predicted molar refractivity (Wildman–Crippen MR) is 60.2 cm³/mol. The number of carboxylic acids is 1. The summed E-state index contributed by atoms with van der Waals surface area (Å²) in [6.45, 7) is 1.88. The van der Waals surface area contributed by atoms with Crippen molar-refractivity contribution in [2.45, 2.75) is 6.92 Å². The molecule has 5 heteroatoms. The molecule has 0 spiro atoms. The van der Waals surface area contributed by atoms with Gasteiger partial charge in [0, 0.05) is 18.0 Å². The maximum Gasteiger partial charge on any atom is 0.337 e. The number of hydrogen-bond acceptors (Lipinski definition) is 4. The second-order valence-corrected chi connectivity index (χ2v) is 3.43. The second-order valence-electron chi connectivity index (χ2n) is 3.43. The monoisotopic (exact) mass is 230 g/mol. The van der Waals surface area contributed by atoms with Crippen LogP contribution in [0.15, 0.2) is 36.7 Å². The number of rotatable bonds is 3. The van der Waals surface area contributed by atoms with Gasteiger partial charge in [-0.3, -0.25) is 4.98 Å². The van der Waals surface area contributed by atoms with Crippen molar-refractivity contribution in [2.24, 2.45) is 0 Å². The Kier molecular flexibility index (Phi) is 3.00. The van der Waals surface area contributed by atoms with Gasteiger partial charge < -0.3 is 9.84 Å². The van der Waals surface area contributed by atoms with Gasteiger partial charge in [-0.05, 0) is 25.1 Å². The van der Waals surface area contributed by atoms with Crippen LogP contribution in [0.1, 0.15) is 16.1 Å². The normalized spacial score (nSPS) is 9.94. The molecule has 2 heterocycles. The van der Waals surface area contributed by atoms with Crippen molar-refractivity contribution in [3.63, 3.8) is 0 Å². The Morgan fingerprint density at radius 3 is 2.53 bits per heavy atom. The number of aromatic nitrogens is 2. The Morgan fingerprint density at radius 2 is 2.00 bits per heavy atom. The number of aryl methyl sites for hydroxylation is 1. The summed E-state index contributed by atoms with van der Waals surface area (Å²) >= 11 is 0. The Hall–Kier alpha value is -2.43. The molecule has 17 heavy (non-hydrogen) atoms. The van der Waals surface area contributed by atoms with Crippen molar-refractivity contribution in [1.29, 1.82) is 0 Å². The minimum atomic E-state index is -1.01. The van der Waals surface area contributed by atoms with E-state index in [0.29, 0.717) is 11.6 Å². The number of carboxylic acid groups (broad SMARTS) is 1. The molecule has 2 aromatic heterocycles. The van der Waals surface area contributed by atoms with Crippen molar-refractivity contribution >= 4 is 5.97 Å². The molecule has 0 radical (unpaired) electrons. The van der Waals surface area contributed by atoms with Crippen molar-refractivity contribution in [1.82, 2.24) is 9.97 Å². The first kappa shape index (κ1) is 11.1. The molecular formula is C12H10N2O3. The average molecular weight is 230 g/mol. The molecule has 2 rings (SSSR count). The lowest BCUT2D eigenvalue weighted by Gasteiger charge is -2.04. The Bertz CT molecular complexity index is 520. The molecule has 0 aliphatic heterocycles. The summed E-state index contributed by atoms with van der Waals surface area (Å²) in [5.41, 5.74) is 1.02. The highest BCUT2D eigenvalue weighted by atomic mass is 16.5. The molecule has 0 fully saturated rings. The van der Waals surface area contributed by atoms with Crippen LogP contribution in [0.4, 0.5) is 0 Å². The van der Waals surface area contributed by atoms with E-state index >= 15 is 0 Å². The van der Waals surface area contributed by atoms with Gasteiger partial charge in [-0.25, -0.2) is 9.78 Å². The maximum atomic E-state index is 10.6. The molecule has 0 saturated heterocycles. The van der Waals surface area contributed by atoms with Gasteiger partial charge in [-0.1, -0.05) is 0 Å². The van der Waals surface area contributed by atoms with Crippen molar-refractivity contribution in [2.75, 3.05) is 0 Å². The smallest absolute Gasteiger partial charge is 0.337 e. The lowest BCUT2D eigenvalue weighted by molar-refractivity contribution is 0.0696. The van der Waals surface area contributed by atoms with E-state index in [4.69, 9.17) is 9.84 Å². The molecule has 1 N–H and O–H groups in total. The summed E-state index contributed by atoms with van der Waals surface area (Å²) in [5, 5.41) is 8.71. The first-order valence-electron chi connectivity index (χ1n) is 4.95. The molecule has 0 saturated carbocycles. The number of hydrogen-bond donors (Lipinski definition) is 1. The first-order valence-corrected chi connectivity index (χ1v) is 4.95. The van der Waals surface area contributed by atoms with Gasteiger partial charge in [0.2, 0.25) is 5.88 Å². The summed E-state index contributed by atoms with van der Waals surface area (Å²) in [6, 6.07) is 6.53. The fourth-order valence-corrected chi connectivity index (χ4v) is 1.20. The van der Waals surface area contributed by atoms with Gasteiger partial charge in [-0.2, -0.15) is 0 Å². The maximum absolute atomic E-state index is 10.6. The zero-order valence-corrected chi connectivity index (χ0v) is 9.12. The third kappa shape index (κ3) is 2.78. The fourth-order valence-electron chi connectivity index (χ4n) is 1.20. The van der Waals surface area contributed by atoms with Crippen LogP contribution in [0.5, 0.6) is 11.6 Å². The summed E-state index contributed by atoms with van der Waals surface area (Å²) in [6.07, 6.45) is 2.83. The minimum Gasteiger partial charge on any atom is -0.478 e. The standard InChI is InChI=1S/C12H10N2O3/c1-8-2-4-10(7-13-8)17-11-5-3-9(6-14-11)12(15)16/h2-7H,1H3,(H,15,16). The third-order valence-corrected chi connectivity index (χ3v) is 2.09. The first-order chi connectivity index (χ1) is 8.15. The van der Waals surface area contributed by atoms with Crippen LogP contribution in [-0.4, -0.2) is 21.0 Å². The van der Waals surface area contributed by atoms with E-state index in [9.17, 15) is 4.79 Å². The van der Waals surface area contributed by atoms with Crippen LogP contribution in [-0.2, 0) is 0 Å².